The molecule has 130 valence electrons. The second kappa shape index (κ2) is 7.49. The fourth-order valence-corrected chi connectivity index (χ4v) is 3.32. The molecule has 2 unspecified atom stereocenters. The lowest BCUT2D eigenvalue weighted by molar-refractivity contribution is -0.127. The molecule has 0 spiro atoms. The number of hydrogen-bond acceptors (Lipinski definition) is 4. The maximum Gasteiger partial charge on any atom is 0.237 e. The summed E-state index contributed by atoms with van der Waals surface area (Å²) in [4.78, 5) is 14.7. The molecule has 0 radical (unpaired) electrons. The molecule has 1 aromatic heterocycles. The lowest BCUT2D eigenvalue weighted by atomic mass is 9.96. The molecule has 2 N–H and O–H groups in total. The summed E-state index contributed by atoms with van der Waals surface area (Å²) in [5.41, 5.74) is -0.395. The number of nitrogens with one attached hydrogen (secondary N) is 1. The molecule has 2 atom stereocenters. The van der Waals surface area contributed by atoms with Crippen LogP contribution in [0.25, 0.3) is 0 Å². The predicted molar refractivity (Wildman–Crippen MR) is 90.3 cm³/mol. The Balaban J connectivity index is 1.93. The highest BCUT2D eigenvalue weighted by atomic mass is 16.3. The first-order valence-electron chi connectivity index (χ1n) is 8.63. The molecule has 1 aromatic rings. The summed E-state index contributed by atoms with van der Waals surface area (Å²) in [5.74, 6) is 1.44. The highest BCUT2D eigenvalue weighted by Gasteiger charge is 2.30. The number of rotatable bonds is 5. The number of hydrogen-bond donors (Lipinski definition) is 2. The Labute approximate surface area is 139 Å². The van der Waals surface area contributed by atoms with Gasteiger partial charge in [0.1, 0.15) is 17.1 Å². The van der Waals surface area contributed by atoms with Gasteiger partial charge in [0.05, 0.1) is 12.6 Å². The third-order valence-corrected chi connectivity index (χ3v) is 4.80. The van der Waals surface area contributed by atoms with Crippen LogP contribution in [0.15, 0.2) is 10.5 Å². The molecule has 5 nitrogen and oxygen atoms in total. The number of furan rings is 1. The van der Waals surface area contributed by atoms with Crippen molar-refractivity contribution in [3.8, 4) is 0 Å². The van der Waals surface area contributed by atoms with E-state index in [2.05, 4.69) is 10.2 Å². The minimum absolute atomic E-state index is 0.0231. The number of aliphatic hydroxyl groups is 1. The zero-order chi connectivity index (χ0) is 17.0. The number of likely N-dealkylation sites (tertiary alicyclic amines) is 1. The molecule has 0 aromatic carbocycles. The molecule has 23 heavy (non-hydrogen) atoms. The molecule has 2 heterocycles. The van der Waals surface area contributed by atoms with E-state index in [1.165, 1.54) is 12.8 Å². The summed E-state index contributed by atoms with van der Waals surface area (Å²) >= 11 is 0. The number of aryl methyl sites for hydroxylation is 2. The highest BCUT2D eigenvalue weighted by molar-refractivity contribution is 5.81. The van der Waals surface area contributed by atoms with Crippen molar-refractivity contribution in [3.63, 3.8) is 0 Å². The van der Waals surface area contributed by atoms with Crippen LogP contribution in [0.4, 0.5) is 0 Å². The molecule has 0 saturated carbocycles. The van der Waals surface area contributed by atoms with Gasteiger partial charge in [0.25, 0.3) is 0 Å². The Bertz CT molecular complexity index is 528. The van der Waals surface area contributed by atoms with Crippen LogP contribution in [-0.2, 0) is 10.4 Å². The number of nitrogens with zero attached hydrogens (tertiary/aromatic N) is 1. The van der Waals surface area contributed by atoms with Crippen LogP contribution in [0.2, 0.25) is 0 Å². The second-order valence-corrected chi connectivity index (χ2v) is 6.94. The van der Waals surface area contributed by atoms with E-state index in [9.17, 15) is 9.90 Å². The largest absolute Gasteiger partial charge is 0.466 e. The SMILES string of the molecule is Cc1cc(C(C)(O)CNC(=O)C(C)N2CCCCCC2)c(C)o1. The van der Waals surface area contributed by atoms with Gasteiger partial charge in [-0.2, -0.15) is 0 Å². The maximum absolute atomic E-state index is 12.4. The minimum atomic E-state index is -1.13. The van der Waals surface area contributed by atoms with Crippen LogP contribution in [0.3, 0.4) is 0 Å². The zero-order valence-electron chi connectivity index (χ0n) is 14.8. The number of amides is 1. The van der Waals surface area contributed by atoms with Gasteiger partial charge in [-0.25, -0.2) is 0 Å². The van der Waals surface area contributed by atoms with Crippen LogP contribution in [0.5, 0.6) is 0 Å². The van der Waals surface area contributed by atoms with E-state index in [-0.39, 0.29) is 18.5 Å². The summed E-state index contributed by atoms with van der Waals surface area (Å²) < 4.78 is 5.48. The molecule has 5 heteroatoms. The van der Waals surface area contributed by atoms with Gasteiger partial charge in [0.2, 0.25) is 5.91 Å². The normalized spacial score (nSPS) is 20.6. The van der Waals surface area contributed by atoms with E-state index in [4.69, 9.17) is 4.42 Å². The quantitative estimate of drug-likeness (QED) is 0.874. The topological polar surface area (TPSA) is 65.7 Å². The smallest absolute Gasteiger partial charge is 0.237 e. The van der Waals surface area contributed by atoms with E-state index in [1.54, 1.807) is 6.92 Å². The number of carbonyl (C=O) groups is 1. The average Bonchev–Trinajstić information content (AvgIpc) is 2.70. The van der Waals surface area contributed by atoms with E-state index in [0.717, 1.165) is 37.3 Å². The first-order chi connectivity index (χ1) is 10.8. The molecule has 1 fully saturated rings. The first-order valence-corrected chi connectivity index (χ1v) is 8.63. The Kier molecular flexibility index (Phi) is 5.87. The summed E-state index contributed by atoms with van der Waals surface area (Å²) in [6.07, 6.45) is 4.81. The minimum Gasteiger partial charge on any atom is -0.466 e. The van der Waals surface area contributed by atoms with Gasteiger partial charge in [-0.15, -0.1) is 0 Å². The van der Waals surface area contributed by atoms with Crippen LogP contribution in [0.1, 0.15) is 56.6 Å². The first kappa shape index (κ1) is 18.0. The lowest BCUT2D eigenvalue weighted by Crippen LogP contribution is -2.48. The van der Waals surface area contributed by atoms with Gasteiger partial charge >= 0.3 is 0 Å². The second-order valence-electron chi connectivity index (χ2n) is 6.94. The van der Waals surface area contributed by atoms with Crippen molar-refractivity contribution in [1.29, 1.82) is 0 Å². The van der Waals surface area contributed by atoms with Crippen molar-refractivity contribution in [3.05, 3.63) is 23.2 Å². The zero-order valence-corrected chi connectivity index (χ0v) is 14.8. The van der Waals surface area contributed by atoms with E-state index in [0.29, 0.717) is 5.76 Å². The third-order valence-electron chi connectivity index (χ3n) is 4.80. The lowest BCUT2D eigenvalue weighted by Gasteiger charge is -2.29. The van der Waals surface area contributed by atoms with Gasteiger partial charge < -0.3 is 14.8 Å². The average molecular weight is 322 g/mol. The van der Waals surface area contributed by atoms with Gasteiger partial charge in [-0.3, -0.25) is 9.69 Å². The Morgan fingerprint density at radius 2 is 1.96 bits per heavy atom. The molecule has 1 saturated heterocycles. The van der Waals surface area contributed by atoms with E-state index < -0.39 is 5.60 Å². The highest BCUT2D eigenvalue weighted by Crippen LogP contribution is 2.26. The monoisotopic (exact) mass is 322 g/mol. The van der Waals surface area contributed by atoms with Crippen molar-refractivity contribution in [2.24, 2.45) is 0 Å². The molecule has 1 aliphatic rings. The Morgan fingerprint density at radius 3 is 2.48 bits per heavy atom. The van der Waals surface area contributed by atoms with Gasteiger partial charge in [-0.05, 0) is 59.7 Å². The standard InChI is InChI=1S/C18H30N2O3/c1-13-11-16(15(3)23-13)18(4,22)12-19-17(21)14(2)20-9-7-5-6-8-10-20/h11,14,22H,5-10,12H2,1-4H3,(H,19,21). The molecule has 1 amide bonds. The summed E-state index contributed by atoms with van der Waals surface area (Å²) in [6.45, 7) is 9.48. The summed E-state index contributed by atoms with van der Waals surface area (Å²) in [5, 5.41) is 13.6. The molecular weight excluding hydrogens is 292 g/mol. The molecule has 2 rings (SSSR count). The third kappa shape index (κ3) is 4.58. The van der Waals surface area contributed by atoms with E-state index in [1.807, 2.05) is 26.8 Å². The molecule has 0 bridgehead atoms. The van der Waals surface area contributed by atoms with Crippen LogP contribution in [-0.4, -0.2) is 41.6 Å². The fraction of sp³-hybridized carbons (Fsp3) is 0.722. The number of carbonyl (C=O) groups excluding carboxylic acids is 1. The van der Waals surface area contributed by atoms with Crippen LogP contribution >= 0.6 is 0 Å². The van der Waals surface area contributed by atoms with Crippen molar-refractivity contribution in [2.75, 3.05) is 19.6 Å². The van der Waals surface area contributed by atoms with Gasteiger partial charge in [-0.1, -0.05) is 12.8 Å². The van der Waals surface area contributed by atoms with Crippen molar-refractivity contribution in [2.45, 2.75) is 65.0 Å². The molecular formula is C18H30N2O3. The maximum atomic E-state index is 12.4. The van der Waals surface area contributed by atoms with Crippen LogP contribution < -0.4 is 5.32 Å². The molecule has 0 aliphatic carbocycles. The van der Waals surface area contributed by atoms with E-state index >= 15 is 0 Å². The molecule has 1 aliphatic heterocycles. The van der Waals surface area contributed by atoms with Crippen molar-refractivity contribution >= 4 is 5.91 Å². The summed E-state index contributed by atoms with van der Waals surface area (Å²) in [6, 6.07) is 1.68. The van der Waals surface area contributed by atoms with Gasteiger partial charge in [0.15, 0.2) is 0 Å². The Morgan fingerprint density at radius 1 is 1.35 bits per heavy atom. The predicted octanol–water partition coefficient (Wildman–Crippen LogP) is 2.48. The van der Waals surface area contributed by atoms with Crippen molar-refractivity contribution < 1.29 is 14.3 Å². The van der Waals surface area contributed by atoms with Crippen LogP contribution in [0, 0.1) is 13.8 Å². The van der Waals surface area contributed by atoms with Gasteiger partial charge in [0, 0.05) is 5.56 Å². The summed E-state index contributed by atoms with van der Waals surface area (Å²) in [7, 11) is 0. The van der Waals surface area contributed by atoms with Crippen molar-refractivity contribution in [1.82, 2.24) is 10.2 Å². The Hall–Kier alpha value is -1.33. The fourth-order valence-electron chi connectivity index (χ4n) is 3.32.